The van der Waals surface area contributed by atoms with Gasteiger partial charge in [-0.25, -0.2) is 4.79 Å². The van der Waals surface area contributed by atoms with E-state index in [9.17, 15) is 4.79 Å². The molecule has 0 atom stereocenters. The molecule has 0 saturated heterocycles. The Morgan fingerprint density at radius 3 is 2.54 bits per heavy atom. The number of carbonyl (C=O) groups is 1. The third-order valence-corrected chi connectivity index (χ3v) is 4.38. The summed E-state index contributed by atoms with van der Waals surface area (Å²) in [6, 6.07) is 22.5. The Morgan fingerprint density at radius 2 is 1.67 bits per heavy atom. The van der Waals surface area contributed by atoms with Gasteiger partial charge < -0.3 is 4.74 Å². The molecule has 2 nitrogen and oxygen atoms in total. The van der Waals surface area contributed by atoms with Crippen LogP contribution in [0.25, 0.3) is 22.3 Å². The van der Waals surface area contributed by atoms with E-state index < -0.39 is 5.97 Å². The van der Waals surface area contributed by atoms with Gasteiger partial charge >= 0.3 is 5.97 Å². The quantitative estimate of drug-likeness (QED) is 0.302. The minimum absolute atomic E-state index is 0.446. The molecule has 0 N–H and O–H groups in total. The summed E-state index contributed by atoms with van der Waals surface area (Å²) in [5, 5.41) is 0. The van der Waals surface area contributed by atoms with Crippen LogP contribution in [0.4, 0.5) is 0 Å². The van der Waals surface area contributed by atoms with E-state index in [0.29, 0.717) is 5.75 Å². The monoisotopic (exact) mass is 312 g/mol. The van der Waals surface area contributed by atoms with Crippen molar-refractivity contribution in [1.29, 1.82) is 0 Å². The van der Waals surface area contributed by atoms with E-state index in [1.807, 2.05) is 18.2 Å². The molecule has 0 heterocycles. The van der Waals surface area contributed by atoms with Crippen molar-refractivity contribution in [2.45, 2.75) is 6.42 Å². The molecule has 116 valence electrons. The van der Waals surface area contributed by atoms with E-state index in [0.717, 1.165) is 12.0 Å². The van der Waals surface area contributed by atoms with E-state index in [2.05, 4.69) is 49.0 Å². The lowest BCUT2D eigenvalue weighted by Crippen LogP contribution is -2.02. The van der Waals surface area contributed by atoms with E-state index in [1.54, 1.807) is 6.07 Å². The molecular formula is C22H16O2. The Bertz CT molecular complexity index is 954. The third-order valence-electron chi connectivity index (χ3n) is 4.38. The molecule has 3 aromatic rings. The van der Waals surface area contributed by atoms with Crippen LogP contribution in [-0.2, 0) is 11.2 Å². The van der Waals surface area contributed by atoms with Gasteiger partial charge in [-0.15, -0.1) is 0 Å². The molecule has 0 aliphatic heterocycles. The van der Waals surface area contributed by atoms with Crippen molar-refractivity contribution in [1.82, 2.24) is 0 Å². The third kappa shape index (κ3) is 2.42. The van der Waals surface area contributed by atoms with Crippen molar-refractivity contribution in [2.24, 2.45) is 0 Å². The number of benzene rings is 3. The van der Waals surface area contributed by atoms with Crippen LogP contribution >= 0.6 is 0 Å². The lowest BCUT2D eigenvalue weighted by atomic mass is 9.95. The first-order valence-electron chi connectivity index (χ1n) is 7.91. The van der Waals surface area contributed by atoms with Gasteiger partial charge in [0.1, 0.15) is 5.75 Å². The number of ether oxygens (including phenoxy) is 1. The first kappa shape index (κ1) is 14.5. The number of carbonyl (C=O) groups excluding carboxylic acids is 1. The molecule has 0 spiro atoms. The van der Waals surface area contributed by atoms with Crippen LogP contribution in [-0.4, -0.2) is 5.97 Å². The number of rotatable bonds is 3. The summed E-state index contributed by atoms with van der Waals surface area (Å²) >= 11 is 0. The van der Waals surface area contributed by atoms with Crippen molar-refractivity contribution in [3.8, 4) is 28.0 Å². The minimum Gasteiger partial charge on any atom is -0.423 e. The average Bonchev–Trinajstić information content (AvgIpc) is 3.00. The zero-order valence-corrected chi connectivity index (χ0v) is 13.2. The molecule has 3 aromatic carbocycles. The van der Waals surface area contributed by atoms with Gasteiger partial charge in [-0.2, -0.15) is 0 Å². The second-order valence-electron chi connectivity index (χ2n) is 5.82. The Morgan fingerprint density at radius 1 is 0.917 bits per heavy atom. The van der Waals surface area contributed by atoms with E-state index in [-0.39, 0.29) is 0 Å². The van der Waals surface area contributed by atoms with Crippen LogP contribution in [0.1, 0.15) is 11.1 Å². The van der Waals surface area contributed by atoms with Crippen LogP contribution in [0.5, 0.6) is 5.75 Å². The fraction of sp³-hybridized carbons (Fsp3) is 0.0455. The maximum Gasteiger partial charge on any atom is 0.335 e. The second-order valence-corrected chi connectivity index (χ2v) is 5.82. The summed E-state index contributed by atoms with van der Waals surface area (Å²) in [5.74, 6) is 0.0864. The molecule has 4 rings (SSSR count). The van der Waals surface area contributed by atoms with Crippen LogP contribution in [0.3, 0.4) is 0 Å². The highest BCUT2D eigenvalue weighted by molar-refractivity contribution is 5.86. The SMILES string of the molecule is C=CC(=O)Oc1cccc(-c2cccc3c2Cc2ccccc2-3)c1. The summed E-state index contributed by atoms with van der Waals surface area (Å²) in [6.45, 7) is 3.43. The largest absolute Gasteiger partial charge is 0.423 e. The lowest BCUT2D eigenvalue weighted by Gasteiger charge is -2.10. The van der Waals surface area contributed by atoms with Crippen molar-refractivity contribution in [2.75, 3.05) is 0 Å². The summed E-state index contributed by atoms with van der Waals surface area (Å²) in [4.78, 5) is 11.4. The van der Waals surface area contributed by atoms with Crippen molar-refractivity contribution in [3.05, 3.63) is 90.5 Å². The lowest BCUT2D eigenvalue weighted by molar-refractivity contribution is -0.128. The Balaban J connectivity index is 1.78. The molecule has 0 radical (unpaired) electrons. The molecule has 1 aliphatic carbocycles. The summed E-state index contributed by atoms with van der Waals surface area (Å²) in [6.07, 6.45) is 2.10. The molecular weight excluding hydrogens is 296 g/mol. The fourth-order valence-corrected chi connectivity index (χ4v) is 3.31. The Kier molecular flexibility index (Phi) is 3.51. The highest BCUT2D eigenvalue weighted by Crippen LogP contribution is 2.41. The Labute approximate surface area is 141 Å². The van der Waals surface area contributed by atoms with Gasteiger partial charge in [0.25, 0.3) is 0 Å². The molecule has 0 bridgehead atoms. The average molecular weight is 312 g/mol. The van der Waals surface area contributed by atoms with Gasteiger partial charge in [0.05, 0.1) is 0 Å². The molecule has 0 fully saturated rings. The first-order valence-corrected chi connectivity index (χ1v) is 7.91. The van der Waals surface area contributed by atoms with E-state index in [4.69, 9.17) is 4.74 Å². The highest BCUT2D eigenvalue weighted by Gasteiger charge is 2.21. The fourth-order valence-electron chi connectivity index (χ4n) is 3.31. The standard InChI is InChI=1S/C22H16O2/c1-2-22(23)24-17-9-5-8-15(13-17)19-11-6-12-20-18-10-4-3-7-16(18)14-21(19)20/h2-13H,1,14H2. The van der Waals surface area contributed by atoms with Gasteiger partial charge in [-0.3, -0.25) is 0 Å². The predicted molar refractivity (Wildman–Crippen MR) is 96.0 cm³/mol. The van der Waals surface area contributed by atoms with Gasteiger partial charge in [0.15, 0.2) is 0 Å². The maximum absolute atomic E-state index is 11.4. The van der Waals surface area contributed by atoms with Gasteiger partial charge in [0, 0.05) is 6.08 Å². The highest BCUT2D eigenvalue weighted by atomic mass is 16.5. The minimum atomic E-state index is -0.446. The summed E-state index contributed by atoms with van der Waals surface area (Å²) in [7, 11) is 0. The van der Waals surface area contributed by atoms with Crippen LogP contribution in [0, 0.1) is 0 Å². The van der Waals surface area contributed by atoms with Crippen molar-refractivity contribution < 1.29 is 9.53 Å². The molecule has 2 heteroatoms. The Hall–Kier alpha value is -3.13. The topological polar surface area (TPSA) is 26.3 Å². The molecule has 0 saturated carbocycles. The summed E-state index contributed by atoms with van der Waals surface area (Å²) < 4.78 is 5.25. The predicted octanol–water partition coefficient (Wildman–Crippen LogP) is 5.02. The molecule has 0 aromatic heterocycles. The van der Waals surface area contributed by atoms with Crippen LogP contribution in [0.2, 0.25) is 0 Å². The normalized spacial score (nSPS) is 11.5. The zero-order valence-electron chi connectivity index (χ0n) is 13.2. The molecule has 1 aliphatic rings. The number of hydrogen-bond acceptors (Lipinski definition) is 2. The first-order chi connectivity index (χ1) is 11.8. The van der Waals surface area contributed by atoms with Gasteiger partial charge in [-0.1, -0.05) is 61.2 Å². The van der Waals surface area contributed by atoms with Gasteiger partial charge in [-0.05, 0) is 51.9 Å². The molecule has 0 unspecified atom stereocenters. The zero-order chi connectivity index (χ0) is 16.5. The van der Waals surface area contributed by atoms with Gasteiger partial charge in [0.2, 0.25) is 0 Å². The smallest absolute Gasteiger partial charge is 0.335 e. The molecule has 0 amide bonds. The second kappa shape index (κ2) is 5.82. The number of fused-ring (bicyclic) bond motifs is 3. The van der Waals surface area contributed by atoms with E-state index >= 15 is 0 Å². The van der Waals surface area contributed by atoms with Crippen molar-refractivity contribution >= 4 is 5.97 Å². The van der Waals surface area contributed by atoms with Crippen molar-refractivity contribution in [3.63, 3.8) is 0 Å². The van der Waals surface area contributed by atoms with Crippen LogP contribution in [0.15, 0.2) is 79.4 Å². The maximum atomic E-state index is 11.4. The number of hydrogen-bond donors (Lipinski definition) is 0. The number of esters is 1. The van der Waals surface area contributed by atoms with Crippen LogP contribution < -0.4 is 4.74 Å². The molecule has 24 heavy (non-hydrogen) atoms. The van der Waals surface area contributed by atoms with E-state index in [1.165, 1.54) is 33.9 Å². The summed E-state index contributed by atoms with van der Waals surface area (Å²) in [5.41, 5.74) is 7.51.